The Morgan fingerprint density at radius 3 is 2.35 bits per heavy atom. The van der Waals surface area contributed by atoms with E-state index in [-0.39, 0.29) is 11.5 Å². The molecule has 1 aliphatic rings. The normalized spacial score (nSPS) is 25.2. The summed E-state index contributed by atoms with van der Waals surface area (Å²) in [6, 6.07) is 0. The third kappa shape index (κ3) is 4.51. The zero-order valence-corrected chi connectivity index (χ0v) is 14.2. The van der Waals surface area contributed by atoms with Gasteiger partial charge in [0.25, 0.3) is 0 Å². The first kappa shape index (κ1) is 19.1. The molecule has 0 unspecified atom stereocenters. The van der Waals surface area contributed by atoms with Gasteiger partial charge in [0.2, 0.25) is 5.78 Å². The van der Waals surface area contributed by atoms with Gasteiger partial charge >= 0.3 is 11.9 Å². The maximum Gasteiger partial charge on any atom is 0.334 e. The minimum atomic E-state index is -1.09. The van der Waals surface area contributed by atoms with Gasteiger partial charge in [-0.15, -0.1) is 0 Å². The first-order valence-electron chi connectivity index (χ1n) is 7.59. The molecule has 3 atom stereocenters. The van der Waals surface area contributed by atoms with Gasteiger partial charge in [-0.25, -0.2) is 4.79 Å². The minimum Gasteiger partial charge on any atom is -0.458 e. The van der Waals surface area contributed by atoms with E-state index >= 15 is 0 Å². The highest BCUT2D eigenvalue weighted by Gasteiger charge is 2.44. The van der Waals surface area contributed by atoms with Crippen molar-refractivity contribution in [3.05, 3.63) is 23.3 Å². The van der Waals surface area contributed by atoms with Crippen molar-refractivity contribution in [2.45, 2.75) is 46.8 Å². The summed E-state index contributed by atoms with van der Waals surface area (Å²) in [5.41, 5.74) is 0.466. The highest BCUT2D eigenvalue weighted by Crippen LogP contribution is 2.32. The van der Waals surface area contributed by atoms with Crippen LogP contribution in [0.3, 0.4) is 0 Å². The van der Waals surface area contributed by atoms with Gasteiger partial charge in [-0.1, -0.05) is 19.9 Å². The molecule has 0 heterocycles. The van der Waals surface area contributed by atoms with Gasteiger partial charge in [0.15, 0.2) is 6.10 Å². The van der Waals surface area contributed by atoms with E-state index < -0.39 is 42.5 Å². The molecule has 1 N–H and O–H groups in total. The van der Waals surface area contributed by atoms with E-state index in [0.717, 1.165) is 0 Å². The molecule has 0 spiro atoms. The summed E-state index contributed by atoms with van der Waals surface area (Å²) in [5, 5.41) is 9.36. The molecule has 6 nitrogen and oxygen atoms in total. The van der Waals surface area contributed by atoms with E-state index in [2.05, 4.69) is 0 Å². The summed E-state index contributed by atoms with van der Waals surface area (Å²) in [4.78, 5) is 35.9. The Hall–Kier alpha value is -1.95. The molecule has 6 heteroatoms. The molecule has 0 amide bonds. The van der Waals surface area contributed by atoms with Crippen LogP contribution in [0, 0.1) is 11.8 Å². The van der Waals surface area contributed by atoms with Crippen LogP contribution in [0.2, 0.25) is 0 Å². The van der Waals surface area contributed by atoms with Gasteiger partial charge in [0.05, 0.1) is 6.61 Å². The van der Waals surface area contributed by atoms with Gasteiger partial charge < -0.3 is 14.6 Å². The summed E-state index contributed by atoms with van der Waals surface area (Å²) < 4.78 is 10.6. The molecular formula is C17H24O6. The van der Waals surface area contributed by atoms with Crippen molar-refractivity contribution in [3.63, 3.8) is 0 Å². The van der Waals surface area contributed by atoms with Crippen LogP contribution in [0.1, 0.15) is 34.6 Å². The minimum absolute atomic E-state index is 0.0801. The van der Waals surface area contributed by atoms with Crippen LogP contribution in [0.4, 0.5) is 0 Å². The summed E-state index contributed by atoms with van der Waals surface area (Å²) >= 11 is 0. The Morgan fingerprint density at radius 2 is 1.91 bits per heavy atom. The third-order valence-corrected chi connectivity index (χ3v) is 3.90. The second-order valence-electron chi connectivity index (χ2n) is 5.91. The SMILES string of the molecule is CC=C(C)C(=O)O[C@@H]1C(=O)C(CO)=C[C@@H](OC(C)=O)[C@H]1C(C)C. The largest absolute Gasteiger partial charge is 0.458 e. The van der Waals surface area contributed by atoms with Crippen molar-refractivity contribution < 1.29 is 29.0 Å². The Labute approximate surface area is 136 Å². The number of rotatable bonds is 5. The Kier molecular flexibility index (Phi) is 6.69. The number of allylic oxidation sites excluding steroid dienone is 1. The fourth-order valence-electron chi connectivity index (χ4n) is 2.54. The average molecular weight is 324 g/mol. The predicted octanol–water partition coefficient (Wildman–Crippen LogP) is 1.57. The van der Waals surface area contributed by atoms with Crippen molar-refractivity contribution in [1.29, 1.82) is 0 Å². The lowest BCUT2D eigenvalue weighted by Crippen LogP contribution is -2.48. The summed E-state index contributed by atoms with van der Waals surface area (Å²) in [6.07, 6.45) is 1.22. The van der Waals surface area contributed by atoms with Crippen LogP contribution >= 0.6 is 0 Å². The van der Waals surface area contributed by atoms with E-state index in [1.807, 2.05) is 13.8 Å². The van der Waals surface area contributed by atoms with E-state index in [1.54, 1.807) is 19.9 Å². The fourth-order valence-corrected chi connectivity index (χ4v) is 2.54. The number of carbonyl (C=O) groups excluding carboxylic acids is 3. The zero-order valence-electron chi connectivity index (χ0n) is 14.2. The summed E-state index contributed by atoms with van der Waals surface area (Å²) in [7, 11) is 0. The number of ether oxygens (including phenoxy) is 2. The molecule has 23 heavy (non-hydrogen) atoms. The summed E-state index contributed by atoms with van der Waals surface area (Å²) in [5.74, 6) is -2.14. The molecular weight excluding hydrogens is 300 g/mol. The number of aliphatic hydroxyl groups is 1. The van der Waals surface area contributed by atoms with E-state index in [9.17, 15) is 19.5 Å². The zero-order chi connectivity index (χ0) is 17.7. The fraction of sp³-hybridized carbons (Fsp3) is 0.588. The van der Waals surface area contributed by atoms with Crippen LogP contribution in [0.15, 0.2) is 23.3 Å². The molecule has 0 bridgehead atoms. The molecule has 1 rings (SSSR count). The smallest absolute Gasteiger partial charge is 0.334 e. The van der Waals surface area contributed by atoms with Gasteiger partial charge in [-0.05, 0) is 25.8 Å². The van der Waals surface area contributed by atoms with Crippen LogP contribution in [-0.4, -0.2) is 41.6 Å². The number of esters is 2. The number of Topliss-reactive ketones (excluding diaryl/α,β-unsaturated/α-hetero) is 1. The van der Waals surface area contributed by atoms with Crippen molar-refractivity contribution in [3.8, 4) is 0 Å². The Balaban J connectivity index is 3.22. The second-order valence-corrected chi connectivity index (χ2v) is 5.91. The molecule has 0 radical (unpaired) electrons. The average Bonchev–Trinajstić information content (AvgIpc) is 2.48. The van der Waals surface area contributed by atoms with E-state index in [4.69, 9.17) is 9.47 Å². The molecule has 0 saturated heterocycles. The number of hydrogen-bond donors (Lipinski definition) is 1. The monoisotopic (exact) mass is 324 g/mol. The van der Waals surface area contributed by atoms with Gasteiger partial charge in [0, 0.05) is 24.0 Å². The lowest BCUT2D eigenvalue weighted by Gasteiger charge is -2.37. The molecule has 0 aromatic rings. The highest BCUT2D eigenvalue weighted by molar-refractivity contribution is 6.02. The molecule has 0 aromatic carbocycles. The molecule has 1 aliphatic carbocycles. The van der Waals surface area contributed by atoms with Crippen molar-refractivity contribution in [1.82, 2.24) is 0 Å². The Morgan fingerprint density at radius 1 is 1.30 bits per heavy atom. The maximum atomic E-state index is 12.5. The molecule has 0 aromatic heterocycles. The Bertz CT molecular complexity index is 543. The lowest BCUT2D eigenvalue weighted by molar-refractivity contribution is -0.164. The van der Waals surface area contributed by atoms with E-state index in [0.29, 0.717) is 5.57 Å². The topological polar surface area (TPSA) is 89.9 Å². The van der Waals surface area contributed by atoms with Crippen LogP contribution in [0.5, 0.6) is 0 Å². The first-order chi connectivity index (χ1) is 10.7. The van der Waals surface area contributed by atoms with Crippen molar-refractivity contribution in [2.75, 3.05) is 6.61 Å². The van der Waals surface area contributed by atoms with Crippen LogP contribution in [0.25, 0.3) is 0 Å². The summed E-state index contributed by atoms with van der Waals surface area (Å²) in [6.45, 7) is 7.76. The number of carbonyl (C=O) groups is 3. The molecule has 0 saturated carbocycles. The van der Waals surface area contributed by atoms with Gasteiger partial charge in [-0.2, -0.15) is 0 Å². The van der Waals surface area contributed by atoms with Crippen molar-refractivity contribution in [2.24, 2.45) is 11.8 Å². The molecule has 0 fully saturated rings. The predicted molar refractivity (Wildman–Crippen MR) is 83.4 cm³/mol. The third-order valence-electron chi connectivity index (χ3n) is 3.90. The number of hydrogen-bond acceptors (Lipinski definition) is 6. The number of aliphatic hydroxyl groups excluding tert-OH is 1. The standard InChI is InChI=1S/C17H24O6/c1-6-10(4)17(21)23-16-14(9(2)3)13(22-11(5)19)7-12(8-18)15(16)20/h6-7,9,13-14,16,18H,8H2,1-5H3/t13-,14-,16+/m1/s1. The number of ketones is 1. The van der Waals surface area contributed by atoms with Crippen LogP contribution < -0.4 is 0 Å². The quantitative estimate of drug-likeness (QED) is 0.610. The molecule has 0 aliphatic heterocycles. The lowest BCUT2D eigenvalue weighted by atomic mass is 9.77. The van der Waals surface area contributed by atoms with E-state index in [1.165, 1.54) is 13.0 Å². The molecule has 128 valence electrons. The van der Waals surface area contributed by atoms with Gasteiger partial charge in [-0.3, -0.25) is 9.59 Å². The maximum absolute atomic E-state index is 12.5. The first-order valence-corrected chi connectivity index (χ1v) is 7.59. The second kappa shape index (κ2) is 8.06. The van der Waals surface area contributed by atoms with Crippen LogP contribution in [-0.2, 0) is 23.9 Å². The van der Waals surface area contributed by atoms with Crippen molar-refractivity contribution >= 4 is 17.7 Å². The highest BCUT2D eigenvalue weighted by atomic mass is 16.6. The van der Waals surface area contributed by atoms with Gasteiger partial charge in [0.1, 0.15) is 6.10 Å².